The van der Waals surface area contributed by atoms with Gasteiger partial charge in [0.05, 0.1) is 30.6 Å². The first kappa shape index (κ1) is 24.4. The predicted molar refractivity (Wildman–Crippen MR) is 128 cm³/mol. The molecule has 8 heteroatoms. The van der Waals surface area contributed by atoms with Gasteiger partial charge in [-0.15, -0.1) is 11.3 Å². The number of nitrogens with two attached hydrogens (primary N) is 1. The lowest BCUT2D eigenvalue weighted by Gasteiger charge is -2.37. The van der Waals surface area contributed by atoms with E-state index >= 15 is 0 Å². The Labute approximate surface area is 198 Å². The number of hydrogen-bond donors (Lipinski definition) is 1. The quantitative estimate of drug-likeness (QED) is 0.564. The summed E-state index contributed by atoms with van der Waals surface area (Å²) < 4.78 is 0.824. The smallest absolute Gasteiger partial charge is 0.250 e. The maximum atomic E-state index is 12.7. The number of hydrogen-bond acceptors (Lipinski definition) is 4. The van der Waals surface area contributed by atoms with Crippen LogP contribution in [0.15, 0.2) is 24.3 Å². The molecule has 1 aromatic heterocycles. The molecular weight excluding hydrogens is 446 g/mol. The minimum absolute atomic E-state index is 0.0490. The van der Waals surface area contributed by atoms with E-state index in [1.54, 1.807) is 42.5 Å². The van der Waals surface area contributed by atoms with Crippen molar-refractivity contribution in [1.82, 2.24) is 4.90 Å². The van der Waals surface area contributed by atoms with E-state index in [2.05, 4.69) is 7.05 Å². The lowest BCUT2D eigenvalue weighted by molar-refractivity contribution is -0.924. The fraction of sp³-hybridized carbons (Fsp3) is 0.458. The van der Waals surface area contributed by atoms with Gasteiger partial charge in [0.2, 0.25) is 11.8 Å². The number of quaternary nitrogens is 1. The zero-order valence-corrected chi connectivity index (χ0v) is 20.5. The Hall–Kier alpha value is -2.22. The molecule has 6 nitrogen and oxygen atoms in total. The monoisotopic (exact) mass is 476 g/mol. The van der Waals surface area contributed by atoms with Gasteiger partial charge in [0.1, 0.15) is 12.3 Å². The number of fused-ring (bicyclic) bond motifs is 1. The zero-order valence-electron chi connectivity index (χ0n) is 18.9. The summed E-state index contributed by atoms with van der Waals surface area (Å²) in [5, 5.41) is 0.635. The number of nitrogens with zero attached hydrogens (tertiary/aromatic N) is 2. The number of likely N-dealkylation sites (N-methyl/N-ethyl adjacent to an activating group) is 1. The summed E-state index contributed by atoms with van der Waals surface area (Å²) in [6.45, 7) is 2.58. The number of halogens is 1. The van der Waals surface area contributed by atoms with E-state index < -0.39 is 5.91 Å². The topological polar surface area (TPSA) is 80.5 Å². The number of carbonyl (C=O) groups is 3. The first-order valence-corrected chi connectivity index (χ1v) is 12.0. The highest BCUT2D eigenvalue weighted by Gasteiger charge is 2.34. The number of ketones is 1. The van der Waals surface area contributed by atoms with Crippen molar-refractivity contribution in [3.05, 3.63) is 55.7 Å². The number of thiophene rings is 1. The lowest BCUT2D eigenvalue weighted by Crippen LogP contribution is -2.48. The molecule has 0 fully saturated rings. The fourth-order valence-corrected chi connectivity index (χ4v) is 5.96. The largest absolute Gasteiger partial charge is 0.366 e. The normalized spacial score (nSPS) is 17.6. The van der Waals surface area contributed by atoms with E-state index in [0.717, 1.165) is 57.8 Å². The van der Waals surface area contributed by atoms with Crippen molar-refractivity contribution in [2.75, 3.05) is 34.2 Å². The Morgan fingerprint density at radius 1 is 1.16 bits per heavy atom. The van der Waals surface area contributed by atoms with Crippen LogP contribution in [0.4, 0.5) is 0 Å². The summed E-state index contributed by atoms with van der Waals surface area (Å²) in [6, 6.07) is 7.23. The van der Waals surface area contributed by atoms with Crippen LogP contribution in [0.2, 0.25) is 5.02 Å². The second kappa shape index (κ2) is 10.1. The van der Waals surface area contributed by atoms with Crippen LogP contribution in [0.5, 0.6) is 0 Å². The van der Waals surface area contributed by atoms with E-state index in [-0.39, 0.29) is 18.1 Å². The van der Waals surface area contributed by atoms with Crippen molar-refractivity contribution < 1.29 is 18.9 Å². The third kappa shape index (κ3) is 5.97. The van der Waals surface area contributed by atoms with Crippen LogP contribution in [0.1, 0.15) is 44.1 Å². The van der Waals surface area contributed by atoms with Crippen LogP contribution < -0.4 is 5.73 Å². The standard InChI is InChI=1S/C24H30ClN3O3S/c1-27(2)22(30)5-4-11-28(3)12-10-19-21(15-28)32-20(23(19)24(26)31)14-18(29)13-16-6-8-17(25)9-7-16/h6-9H,4-5,10-15H2,1-3H3,(H-,26,31)/p+1. The Morgan fingerprint density at radius 3 is 2.47 bits per heavy atom. The summed E-state index contributed by atoms with van der Waals surface area (Å²) in [7, 11) is 5.75. The first-order chi connectivity index (χ1) is 15.1. The highest BCUT2D eigenvalue weighted by atomic mass is 35.5. The molecular formula is C24H31ClN3O3S+. The van der Waals surface area contributed by atoms with Crippen LogP contribution >= 0.6 is 22.9 Å². The van der Waals surface area contributed by atoms with Gasteiger partial charge in [-0.05, 0) is 23.3 Å². The van der Waals surface area contributed by atoms with E-state index in [1.165, 1.54) is 0 Å². The number of rotatable bonds is 9. The summed E-state index contributed by atoms with van der Waals surface area (Å²) in [4.78, 5) is 40.4. The SMILES string of the molecule is CN(C)C(=O)CCC[N+]1(C)CCc2c(sc(CC(=O)Cc3ccc(Cl)cc3)c2C(N)=O)C1. The lowest BCUT2D eigenvalue weighted by atomic mass is 9.97. The van der Waals surface area contributed by atoms with Crippen molar-refractivity contribution in [3.63, 3.8) is 0 Å². The second-order valence-electron chi connectivity index (χ2n) is 9.05. The number of Topliss-reactive ketones (excluding diaryl/α,β-unsaturated/α-hetero) is 1. The van der Waals surface area contributed by atoms with Crippen LogP contribution in [0.25, 0.3) is 0 Å². The molecule has 1 aliphatic heterocycles. The molecule has 0 saturated heterocycles. The van der Waals surface area contributed by atoms with Gasteiger partial charge in [0.25, 0.3) is 0 Å². The molecule has 2 amide bonds. The van der Waals surface area contributed by atoms with Crippen molar-refractivity contribution >= 4 is 40.5 Å². The molecule has 0 aliphatic carbocycles. The van der Waals surface area contributed by atoms with Crippen molar-refractivity contribution in [3.8, 4) is 0 Å². The van der Waals surface area contributed by atoms with Gasteiger partial charge < -0.3 is 15.1 Å². The Balaban J connectivity index is 1.71. The summed E-state index contributed by atoms with van der Waals surface area (Å²) in [6.07, 6.45) is 2.62. The first-order valence-electron chi connectivity index (χ1n) is 10.8. The van der Waals surface area contributed by atoms with E-state index in [1.807, 2.05) is 12.1 Å². The summed E-state index contributed by atoms with van der Waals surface area (Å²) in [5.41, 5.74) is 8.19. The molecule has 2 aromatic rings. The van der Waals surface area contributed by atoms with Crippen molar-refractivity contribution in [2.45, 2.75) is 38.6 Å². The second-order valence-corrected chi connectivity index (χ2v) is 10.7. The van der Waals surface area contributed by atoms with E-state index in [4.69, 9.17) is 17.3 Å². The van der Waals surface area contributed by atoms with Gasteiger partial charge in [-0.25, -0.2) is 0 Å². The van der Waals surface area contributed by atoms with Gasteiger partial charge in [0, 0.05) is 56.1 Å². The molecule has 1 aromatic carbocycles. The maximum Gasteiger partial charge on any atom is 0.250 e. The van der Waals surface area contributed by atoms with Crippen LogP contribution in [-0.2, 0) is 35.4 Å². The molecule has 0 saturated carbocycles. The molecule has 2 heterocycles. The van der Waals surface area contributed by atoms with Gasteiger partial charge >= 0.3 is 0 Å². The Bertz CT molecular complexity index is 1020. The summed E-state index contributed by atoms with van der Waals surface area (Å²) in [5.74, 6) is -0.264. The van der Waals surface area contributed by atoms with E-state index in [9.17, 15) is 14.4 Å². The molecule has 1 unspecified atom stereocenters. The molecule has 1 aliphatic rings. The Kier molecular flexibility index (Phi) is 7.75. The Morgan fingerprint density at radius 2 is 1.84 bits per heavy atom. The number of carbonyl (C=O) groups excluding carboxylic acids is 3. The molecule has 2 N–H and O–H groups in total. The minimum atomic E-state index is -0.454. The molecule has 172 valence electrons. The van der Waals surface area contributed by atoms with Gasteiger partial charge in [0.15, 0.2) is 0 Å². The third-order valence-corrected chi connectivity index (χ3v) is 7.57. The van der Waals surface area contributed by atoms with Gasteiger partial charge in [-0.2, -0.15) is 0 Å². The molecule has 3 rings (SSSR count). The third-order valence-electron chi connectivity index (χ3n) is 6.10. The number of primary amides is 1. The van der Waals surface area contributed by atoms with Crippen LogP contribution in [0, 0.1) is 0 Å². The maximum absolute atomic E-state index is 12.7. The highest BCUT2D eigenvalue weighted by molar-refractivity contribution is 7.12. The highest BCUT2D eigenvalue weighted by Crippen LogP contribution is 2.36. The molecule has 1 atom stereocenters. The summed E-state index contributed by atoms with van der Waals surface area (Å²) >= 11 is 7.47. The molecule has 0 radical (unpaired) electrons. The number of benzene rings is 1. The van der Waals surface area contributed by atoms with Gasteiger partial charge in [-0.1, -0.05) is 23.7 Å². The average molecular weight is 477 g/mol. The molecule has 0 spiro atoms. The number of amides is 2. The fourth-order valence-electron chi connectivity index (χ4n) is 4.28. The average Bonchev–Trinajstić information content (AvgIpc) is 3.05. The van der Waals surface area contributed by atoms with Crippen LogP contribution in [-0.4, -0.2) is 61.2 Å². The van der Waals surface area contributed by atoms with Crippen molar-refractivity contribution in [2.24, 2.45) is 5.73 Å². The van der Waals surface area contributed by atoms with Crippen molar-refractivity contribution in [1.29, 1.82) is 0 Å². The van der Waals surface area contributed by atoms with Gasteiger partial charge in [-0.3, -0.25) is 14.4 Å². The zero-order chi connectivity index (χ0) is 23.5. The van der Waals surface area contributed by atoms with Crippen LogP contribution in [0.3, 0.4) is 0 Å². The molecule has 32 heavy (non-hydrogen) atoms. The van der Waals surface area contributed by atoms with E-state index in [0.29, 0.717) is 23.4 Å². The molecule has 0 bridgehead atoms. The minimum Gasteiger partial charge on any atom is -0.366 e. The predicted octanol–water partition coefficient (Wildman–Crippen LogP) is 3.23.